The molecule has 0 saturated carbocycles. The highest BCUT2D eigenvalue weighted by Crippen LogP contribution is 2.27. The Morgan fingerprint density at radius 3 is 2.27 bits per heavy atom. The van der Waals surface area contributed by atoms with Gasteiger partial charge in [0.2, 0.25) is 0 Å². The van der Waals surface area contributed by atoms with Crippen molar-refractivity contribution < 1.29 is 14.3 Å². The predicted molar refractivity (Wildman–Crippen MR) is 105 cm³/mol. The van der Waals surface area contributed by atoms with E-state index in [2.05, 4.69) is 5.32 Å². The number of hydrogen-bond donors (Lipinski definition) is 1. The smallest absolute Gasteiger partial charge is 0.263 e. The zero-order chi connectivity index (χ0) is 19.4. The molecule has 0 heterocycles. The van der Waals surface area contributed by atoms with Gasteiger partial charge in [0, 0.05) is 17.2 Å². The molecule has 0 bridgehead atoms. The van der Waals surface area contributed by atoms with Crippen LogP contribution in [0.3, 0.4) is 0 Å². The highest BCUT2D eigenvalue weighted by Gasteiger charge is 2.33. The van der Waals surface area contributed by atoms with Gasteiger partial charge in [0.15, 0.2) is 5.60 Å². The van der Waals surface area contributed by atoms with E-state index in [1.807, 2.05) is 25.1 Å². The molecule has 26 heavy (non-hydrogen) atoms. The third-order valence-corrected chi connectivity index (χ3v) is 4.69. The Hall–Kier alpha value is -1.75. The lowest BCUT2D eigenvalue weighted by Crippen LogP contribution is -2.50. The zero-order valence-electron chi connectivity index (χ0n) is 15.3. The number of hydrogen-bond acceptors (Lipinski definition) is 3. The first-order chi connectivity index (χ1) is 12.2. The number of ether oxygens (including phenoxy) is 2. The van der Waals surface area contributed by atoms with Crippen molar-refractivity contribution in [3.8, 4) is 5.75 Å². The Morgan fingerprint density at radius 2 is 1.69 bits per heavy atom. The van der Waals surface area contributed by atoms with Gasteiger partial charge < -0.3 is 14.8 Å². The van der Waals surface area contributed by atoms with E-state index >= 15 is 0 Å². The standard InChI is InChI=1S/C20H23Cl2NO3/c1-19(2,26-17-10-8-15(21)9-11-17)18(24)23-13-20(3,25-4)14-6-5-7-16(22)12-14/h5-12H,13H2,1-4H3,(H,23,24). The van der Waals surface area contributed by atoms with Crippen LogP contribution in [0.5, 0.6) is 5.75 Å². The average Bonchev–Trinajstić information content (AvgIpc) is 2.61. The van der Waals surface area contributed by atoms with E-state index in [9.17, 15) is 4.79 Å². The largest absolute Gasteiger partial charge is 0.478 e. The quantitative estimate of drug-likeness (QED) is 0.730. The van der Waals surface area contributed by atoms with Gasteiger partial charge in [-0.25, -0.2) is 0 Å². The molecule has 0 aliphatic rings. The van der Waals surface area contributed by atoms with Crippen molar-refractivity contribution in [3.05, 3.63) is 64.1 Å². The summed E-state index contributed by atoms with van der Waals surface area (Å²) in [5, 5.41) is 4.13. The van der Waals surface area contributed by atoms with Crippen LogP contribution in [-0.4, -0.2) is 25.2 Å². The molecule has 0 fully saturated rings. The molecule has 1 unspecified atom stereocenters. The summed E-state index contributed by atoms with van der Waals surface area (Å²) in [6.07, 6.45) is 0. The fraction of sp³-hybridized carbons (Fsp3) is 0.350. The number of halogens is 2. The van der Waals surface area contributed by atoms with E-state index in [0.717, 1.165) is 5.56 Å². The van der Waals surface area contributed by atoms with Crippen molar-refractivity contribution in [2.75, 3.05) is 13.7 Å². The number of amides is 1. The SMILES string of the molecule is COC(C)(CNC(=O)C(C)(C)Oc1ccc(Cl)cc1)c1cccc(Cl)c1. The van der Waals surface area contributed by atoms with Gasteiger partial charge in [-0.3, -0.25) is 4.79 Å². The minimum absolute atomic E-state index is 0.252. The van der Waals surface area contributed by atoms with Crippen LogP contribution in [0.1, 0.15) is 26.3 Å². The Kier molecular flexibility index (Phi) is 6.56. The highest BCUT2D eigenvalue weighted by atomic mass is 35.5. The van der Waals surface area contributed by atoms with Gasteiger partial charge in [0.05, 0.1) is 6.54 Å². The number of rotatable bonds is 7. The molecule has 1 amide bonds. The van der Waals surface area contributed by atoms with Crippen LogP contribution >= 0.6 is 23.2 Å². The maximum atomic E-state index is 12.7. The first-order valence-corrected chi connectivity index (χ1v) is 8.96. The molecular formula is C20H23Cl2NO3. The summed E-state index contributed by atoms with van der Waals surface area (Å²) in [5.74, 6) is 0.316. The summed E-state index contributed by atoms with van der Waals surface area (Å²) < 4.78 is 11.5. The summed E-state index contributed by atoms with van der Waals surface area (Å²) in [6.45, 7) is 5.59. The van der Waals surface area contributed by atoms with Crippen molar-refractivity contribution in [1.29, 1.82) is 0 Å². The second-order valence-corrected chi connectivity index (χ2v) is 7.57. The first-order valence-electron chi connectivity index (χ1n) is 8.20. The summed E-state index contributed by atoms with van der Waals surface area (Å²) >= 11 is 11.9. The van der Waals surface area contributed by atoms with Gasteiger partial charge in [0.25, 0.3) is 5.91 Å². The molecule has 0 radical (unpaired) electrons. The van der Waals surface area contributed by atoms with Crippen molar-refractivity contribution in [2.45, 2.75) is 32.0 Å². The summed E-state index contributed by atoms with van der Waals surface area (Å²) in [6, 6.07) is 14.3. The summed E-state index contributed by atoms with van der Waals surface area (Å²) in [7, 11) is 1.60. The molecule has 0 aliphatic heterocycles. The molecule has 2 rings (SSSR count). The Morgan fingerprint density at radius 1 is 1.04 bits per heavy atom. The van der Waals surface area contributed by atoms with Gasteiger partial charge in [0.1, 0.15) is 11.4 Å². The lowest BCUT2D eigenvalue weighted by atomic mass is 9.95. The predicted octanol–water partition coefficient (Wildman–Crippen LogP) is 4.83. The van der Waals surface area contributed by atoms with Gasteiger partial charge in [-0.15, -0.1) is 0 Å². The van der Waals surface area contributed by atoms with Crippen LogP contribution in [0, 0.1) is 0 Å². The van der Waals surface area contributed by atoms with Crippen LogP contribution in [-0.2, 0) is 15.1 Å². The molecule has 0 aromatic heterocycles. The molecule has 2 aromatic rings. The molecule has 2 aromatic carbocycles. The molecule has 1 N–H and O–H groups in total. The molecule has 0 spiro atoms. The Bertz CT molecular complexity index is 762. The van der Waals surface area contributed by atoms with Gasteiger partial charge in [-0.1, -0.05) is 35.3 Å². The van der Waals surface area contributed by atoms with Crippen molar-refractivity contribution >= 4 is 29.1 Å². The van der Waals surface area contributed by atoms with E-state index in [1.165, 1.54) is 0 Å². The Labute approximate surface area is 164 Å². The van der Waals surface area contributed by atoms with Gasteiger partial charge in [-0.05, 0) is 62.7 Å². The number of carbonyl (C=O) groups is 1. The maximum absolute atomic E-state index is 12.7. The van der Waals surface area contributed by atoms with Crippen molar-refractivity contribution in [3.63, 3.8) is 0 Å². The van der Waals surface area contributed by atoms with E-state index in [4.69, 9.17) is 32.7 Å². The van der Waals surface area contributed by atoms with E-state index in [0.29, 0.717) is 15.8 Å². The normalized spacial score (nSPS) is 13.8. The minimum atomic E-state index is -1.06. The van der Waals surface area contributed by atoms with Gasteiger partial charge >= 0.3 is 0 Å². The van der Waals surface area contributed by atoms with Crippen LogP contribution in [0.15, 0.2) is 48.5 Å². The van der Waals surface area contributed by atoms with Crippen molar-refractivity contribution in [1.82, 2.24) is 5.32 Å². The first kappa shape index (κ1) is 20.6. The molecular weight excluding hydrogens is 373 g/mol. The van der Waals surface area contributed by atoms with Crippen molar-refractivity contribution in [2.24, 2.45) is 0 Å². The fourth-order valence-corrected chi connectivity index (χ4v) is 2.73. The van der Waals surface area contributed by atoms with Gasteiger partial charge in [-0.2, -0.15) is 0 Å². The minimum Gasteiger partial charge on any atom is -0.478 e. The third-order valence-electron chi connectivity index (χ3n) is 4.21. The molecule has 1 atom stereocenters. The van der Waals surface area contributed by atoms with E-state index in [1.54, 1.807) is 51.3 Å². The average molecular weight is 396 g/mol. The van der Waals surface area contributed by atoms with Crippen LogP contribution < -0.4 is 10.1 Å². The number of benzene rings is 2. The second kappa shape index (κ2) is 8.30. The monoisotopic (exact) mass is 395 g/mol. The summed E-state index contributed by atoms with van der Waals surface area (Å²) in [5.41, 5.74) is -0.891. The van der Waals surface area contributed by atoms with Crippen LogP contribution in [0.4, 0.5) is 0 Å². The van der Waals surface area contributed by atoms with Crippen LogP contribution in [0.25, 0.3) is 0 Å². The number of nitrogens with one attached hydrogen (secondary N) is 1. The molecule has 4 nitrogen and oxygen atoms in total. The fourth-order valence-electron chi connectivity index (χ4n) is 2.41. The molecule has 6 heteroatoms. The topological polar surface area (TPSA) is 47.6 Å². The maximum Gasteiger partial charge on any atom is 0.263 e. The third kappa shape index (κ3) is 5.13. The lowest BCUT2D eigenvalue weighted by molar-refractivity contribution is -0.135. The zero-order valence-corrected chi connectivity index (χ0v) is 16.8. The van der Waals surface area contributed by atoms with E-state index in [-0.39, 0.29) is 12.5 Å². The van der Waals surface area contributed by atoms with Crippen LogP contribution in [0.2, 0.25) is 10.0 Å². The van der Waals surface area contributed by atoms with E-state index < -0.39 is 11.2 Å². The second-order valence-electron chi connectivity index (χ2n) is 6.69. The molecule has 0 saturated heterocycles. The number of methoxy groups -OCH3 is 1. The number of carbonyl (C=O) groups excluding carboxylic acids is 1. The highest BCUT2D eigenvalue weighted by molar-refractivity contribution is 6.30. The summed E-state index contributed by atoms with van der Waals surface area (Å²) in [4.78, 5) is 12.7. The Balaban J connectivity index is 2.06. The lowest BCUT2D eigenvalue weighted by Gasteiger charge is -2.31. The molecule has 140 valence electrons. The molecule has 0 aliphatic carbocycles.